The highest BCUT2D eigenvalue weighted by molar-refractivity contribution is 5.99. The van der Waals surface area contributed by atoms with E-state index in [0.717, 1.165) is 0 Å². The molecule has 0 aromatic heterocycles. The van der Waals surface area contributed by atoms with Crippen LogP contribution in [0, 0.1) is 0 Å². The molecule has 0 radical (unpaired) electrons. The fraction of sp³-hybridized carbons (Fsp3) is 0.125. The van der Waals surface area contributed by atoms with Crippen molar-refractivity contribution in [3.05, 3.63) is 29.8 Å². The number of carboxylic acids is 1. The molecule has 3 N–H and O–H groups in total. The van der Waals surface area contributed by atoms with Gasteiger partial charge in [-0.3, -0.25) is 4.79 Å². The highest BCUT2D eigenvalue weighted by atomic mass is 16.4. The van der Waals surface area contributed by atoms with Crippen LogP contribution >= 0.6 is 0 Å². The first-order chi connectivity index (χ1) is 6.15. The Labute approximate surface area is 76.8 Å². The van der Waals surface area contributed by atoms with Gasteiger partial charge in [-0.05, 0) is 17.7 Å². The van der Waals surface area contributed by atoms with E-state index in [4.69, 9.17) is 15.5 Å². The molecule has 68 valence electrons. The smallest absolute Gasteiger partial charge is 0.325 e. The van der Waals surface area contributed by atoms with Gasteiger partial charge >= 0.3 is 14.0 Å². The molecule has 1 atom stereocenters. The first kappa shape index (κ1) is 9.60. The zero-order chi connectivity index (χ0) is 9.84. The number of aliphatic carboxylic acids is 1. The molecule has 0 fully saturated rings. The van der Waals surface area contributed by atoms with Crippen molar-refractivity contribution in [2.24, 2.45) is 5.73 Å². The molecule has 13 heavy (non-hydrogen) atoms. The maximum absolute atomic E-state index is 10.5. The lowest BCUT2D eigenvalue weighted by atomic mass is 10.1. The summed E-state index contributed by atoms with van der Waals surface area (Å²) in [7, 11) is 1.55. The fourth-order valence-corrected chi connectivity index (χ4v) is 0.954. The van der Waals surface area contributed by atoms with Gasteiger partial charge in [0.2, 0.25) is 0 Å². The normalized spacial score (nSPS) is 12.1. The second-order valence-electron chi connectivity index (χ2n) is 2.59. The van der Waals surface area contributed by atoms with Crippen LogP contribution in [0.1, 0.15) is 11.6 Å². The molecule has 0 saturated heterocycles. The van der Waals surface area contributed by atoms with Crippen LogP contribution in [-0.4, -0.2) is 19.1 Å². The van der Waals surface area contributed by atoms with Crippen LogP contribution in [0.15, 0.2) is 24.3 Å². The first-order valence-electron chi connectivity index (χ1n) is 3.77. The van der Waals surface area contributed by atoms with E-state index in [9.17, 15) is 4.79 Å². The maximum Gasteiger partial charge on any atom is 0.325 e. The minimum Gasteiger partial charge on any atom is -0.568 e. The Balaban J connectivity index is 2.85. The van der Waals surface area contributed by atoms with Crippen LogP contribution in [0.3, 0.4) is 0 Å². The van der Waals surface area contributed by atoms with Crippen LogP contribution in [-0.2, 0) is 4.79 Å². The van der Waals surface area contributed by atoms with E-state index in [-0.39, 0.29) is 0 Å². The Hall–Kier alpha value is -1.49. The molecular formula is C8H10BNO3. The number of hydrogen-bond donors (Lipinski definition) is 2. The predicted octanol–water partition coefficient (Wildman–Crippen LogP) is -0.302. The van der Waals surface area contributed by atoms with E-state index in [0.29, 0.717) is 11.3 Å². The van der Waals surface area contributed by atoms with Crippen molar-refractivity contribution in [3.63, 3.8) is 0 Å². The lowest BCUT2D eigenvalue weighted by Gasteiger charge is -2.07. The molecule has 0 aliphatic carbocycles. The van der Waals surface area contributed by atoms with Gasteiger partial charge in [0.1, 0.15) is 6.04 Å². The van der Waals surface area contributed by atoms with Crippen LogP contribution < -0.4 is 10.4 Å². The molecule has 0 bridgehead atoms. The number of carboxylic acid groups (broad SMARTS) is 1. The van der Waals surface area contributed by atoms with Crippen molar-refractivity contribution in [2.45, 2.75) is 6.04 Å². The molecule has 0 aliphatic rings. The van der Waals surface area contributed by atoms with E-state index < -0.39 is 12.0 Å². The lowest BCUT2D eigenvalue weighted by Crippen LogP contribution is -2.20. The van der Waals surface area contributed by atoms with Gasteiger partial charge in [-0.15, -0.1) is 0 Å². The molecule has 0 aliphatic heterocycles. The monoisotopic (exact) mass is 179 g/mol. The summed E-state index contributed by atoms with van der Waals surface area (Å²) in [6.07, 6.45) is 0. The highest BCUT2D eigenvalue weighted by Gasteiger charge is 2.13. The number of nitrogens with two attached hydrogens (primary N) is 1. The summed E-state index contributed by atoms with van der Waals surface area (Å²) in [5.74, 6) is -0.355. The van der Waals surface area contributed by atoms with E-state index in [2.05, 4.69) is 0 Å². The Bertz CT molecular complexity index is 299. The SMILES string of the molecule is BOc1ccc(C(N)C(=O)O)cc1. The standard InChI is InChI=1S/C8H10BNO3/c9-13-6-3-1-5(2-4-6)7(10)8(11)12/h1-4,7H,9-10H2,(H,11,12). The Morgan fingerprint density at radius 1 is 1.46 bits per heavy atom. The third-order valence-corrected chi connectivity index (χ3v) is 1.74. The highest BCUT2D eigenvalue weighted by Crippen LogP contribution is 2.15. The van der Waals surface area contributed by atoms with Gasteiger partial charge in [-0.25, -0.2) is 0 Å². The summed E-state index contributed by atoms with van der Waals surface area (Å²) < 4.78 is 4.92. The van der Waals surface area contributed by atoms with Crippen molar-refractivity contribution in [2.75, 3.05) is 0 Å². The van der Waals surface area contributed by atoms with E-state index in [1.54, 1.807) is 32.3 Å². The number of rotatable bonds is 3. The molecule has 1 unspecified atom stereocenters. The summed E-state index contributed by atoms with van der Waals surface area (Å²) in [5.41, 5.74) is 5.95. The maximum atomic E-state index is 10.5. The molecule has 5 heteroatoms. The minimum absolute atomic E-state index is 0.563. The van der Waals surface area contributed by atoms with E-state index in [1.807, 2.05) is 0 Å². The van der Waals surface area contributed by atoms with Crippen LogP contribution in [0.5, 0.6) is 5.75 Å². The Kier molecular flexibility index (Phi) is 2.92. The predicted molar refractivity (Wildman–Crippen MR) is 50.2 cm³/mol. The minimum atomic E-state index is -1.04. The van der Waals surface area contributed by atoms with Gasteiger partial charge in [0.25, 0.3) is 0 Å². The summed E-state index contributed by atoms with van der Waals surface area (Å²) in [6.45, 7) is 0. The molecule has 0 saturated carbocycles. The van der Waals surface area contributed by atoms with E-state index in [1.165, 1.54) is 0 Å². The Morgan fingerprint density at radius 2 is 2.00 bits per heavy atom. The lowest BCUT2D eigenvalue weighted by molar-refractivity contribution is -0.138. The van der Waals surface area contributed by atoms with Crippen LogP contribution in [0.4, 0.5) is 0 Å². The average molecular weight is 179 g/mol. The van der Waals surface area contributed by atoms with Crippen molar-refractivity contribution in [1.29, 1.82) is 0 Å². The third kappa shape index (κ3) is 2.22. The van der Waals surface area contributed by atoms with Crippen molar-refractivity contribution >= 4 is 14.0 Å². The molecule has 0 spiro atoms. The topological polar surface area (TPSA) is 72.5 Å². The van der Waals surface area contributed by atoms with Crippen LogP contribution in [0.25, 0.3) is 0 Å². The van der Waals surface area contributed by atoms with Gasteiger partial charge in [-0.2, -0.15) is 0 Å². The molecule has 4 nitrogen and oxygen atoms in total. The fourth-order valence-electron chi connectivity index (χ4n) is 0.954. The van der Waals surface area contributed by atoms with Crippen molar-refractivity contribution in [1.82, 2.24) is 0 Å². The van der Waals surface area contributed by atoms with Crippen molar-refractivity contribution in [3.8, 4) is 5.75 Å². The van der Waals surface area contributed by atoms with Gasteiger partial charge < -0.3 is 15.5 Å². The number of hydrogen-bond acceptors (Lipinski definition) is 3. The van der Waals surface area contributed by atoms with Gasteiger partial charge in [-0.1, -0.05) is 12.1 Å². The number of benzene rings is 1. The van der Waals surface area contributed by atoms with E-state index >= 15 is 0 Å². The molecule has 1 aromatic rings. The van der Waals surface area contributed by atoms with Crippen LogP contribution in [0.2, 0.25) is 0 Å². The van der Waals surface area contributed by atoms with Gasteiger partial charge in [0, 0.05) is 0 Å². The summed E-state index contributed by atoms with van der Waals surface area (Å²) in [6, 6.07) is 5.66. The second-order valence-corrected chi connectivity index (χ2v) is 2.59. The zero-order valence-electron chi connectivity index (χ0n) is 7.23. The van der Waals surface area contributed by atoms with Crippen molar-refractivity contribution < 1.29 is 14.6 Å². The third-order valence-electron chi connectivity index (χ3n) is 1.74. The van der Waals surface area contributed by atoms with Gasteiger partial charge in [0.05, 0.1) is 5.75 Å². The first-order valence-corrected chi connectivity index (χ1v) is 3.77. The molecule has 1 aromatic carbocycles. The largest absolute Gasteiger partial charge is 0.568 e. The second kappa shape index (κ2) is 3.95. The quantitative estimate of drug-likeness (QED) is 0.624. The average Bonchev–Trinajstić information content (AvgIpc) is 2.17. The van der Waals surface area contributed by atoms with Gasteiger partial charge in [0.15, 0.2) is 0 Å². The summed E-state index contributed by atoms with van der Waals surface area (Å²) in [5, 5.41) is 8.61. The zero-order valence-corrected chi connectivity index (χ0v) is 7.23. The molecular weight excluding hydrogens is 169 g/mol. The summed E-state index contributed by atoms with van der Waals surface area (Å²) >= 11 is 0. The molecule has 0 heterocycles. The molecule has 1 rings (SSSR count). The number of carbonyl (C=O) groups is 1. The summed E-state index contributed by atoms with van der Waals surface area (Å²) in [4.78, 5) is 10.5. The Morgan fingerprint density at radius 3 is 2.38 bits per heavy atom. The molecule has 0 amide bonds.